The van der Waals surface area contributed by atoms with Crippen LogP contribution in [0.2, 0.25) is 0 Å². The third kappa shape index (κ3) is 6.85. The fourth-order valence-corrected chi connectivity index (χ4v) is 2.55. The van der Waals surface area contributed by atoms with E-state index in [-0.39, 0.29) is 11.8 Å². The molecule has 1 saturated heterocycles. The number of nitrogens with one attached hydrogen (secondary N) is 3. The standard InChI is InChI=1S/C17H27N5O4/c1-18-17(20-8-4-11-26-14-7-12-25-13-14)21-10-9-19-15-5-2-3-6-16(15)22(23)24/h2-3,5-6,14,19H,4,7-13H2,1H3,(H2,18,20,21). The molecule has 0 saturated carbocycles. The Bertz CT molecular complexity index is 590. The van der Waals surface area contributed by atoms with Crippen molar-refractivity contribution in [3.05, 3.63) is 34.4 Å². The molecule has 26 heavy (non-hydrogen) atoms. The van der Waals surface area contributed by atoms with Gasteiger partial charge in [0, 0.05) is 46.0 Å². The molecule has 1 fully saturated rings. The molecule has 0 spiro atoms. The van der Waals surface area contributed by atoms with Crippen LogP contribution in [-0.4, -0.2) is 63.5 Å². The minimum absolute atomic E-state index is 0.0719. The monoisotopic (exact) mass is 365 g/mol. The van der Waals surface area contributed by atoms with Gasteiger partial charge in [0.25, 0.3) is 5.69 Å². The molecule has 3 N–H and O–H groups in total. The van der Waals surface area contributed by atoms with Gasteiger partial charge in [0.05, 0.1) is 17.6 Å². The summed E-state index contributed by atoms with van der Waals surface area (Å²) in [5.74, 6) is 0.693. The van der Waals surface area contributed by atoms with E-state index in [0.29, 0.717) is 38.0 Å². The summed E-state index contributed by atoms with van der Waals surface area (Å²) in [5.41, 5.74) is 0.581. The van der Waals surface area contributed by atoms with Crippen LogP contribution in [0.4, 0.5) is 11.4 Å². The highest BCUT2D eigenvalue weighted by molar-refractivity contribution is 5.79. The SMILES string of the molecule is CN=C(NCCCOC1CCOC1)NCCNc1ccccc1[N+](=O)[O-]. The van der Waals surface area contributed by atoms with E-state index in [2.05, 4.69) is 20.9 Å². The number of para-hydroxylation sites is 2. The Hall–Kier alpha value is -2.39. The summed E-state index contributed by atoms with van der Waals surface area (Å²) in [6.45, 7) is 4.06. The van der Waals surface area contributed by atoms with E-state index in [0.717, 1.165) is 26.0 Å². The Morgan fingerprint density at radius 3 is 2.88 bits per heavy atom. The van der Waals surface area contributed by atoms with Crippen molar-refractivity contribution in [2.45, 2.75) is 18.9 Å². The minimum atomic E-state index is -0.393. The highest BCUT2D eigenvalue weighted by atomic mass is 16.6. The first-order valence-electron chi connectivity index (χ1n) is 8.82. The molecule has 2 rings (SSSR count). The molecule has 1 aliphatic rings. The summed E-state index contributed by atoms with van der Waals surface area (Å²) in [6.07, 6.45) is 2.09. The molecule has 1 aliphatic heterocycles. The Morgan fingerprint density at radius 2 is 2.15 bits per heavy atom. The van der Waals surface area contributed by atoms with E-state index in [9.17, 15) is 10.1 Å². The second-order valence-electron chi connectivity index (χ2n) is 5.84. The number of benzene rings is 1. The van der Waals surface area contributed by atoms with E-state index < -0.39 is 4.92 Å². The Labute approximate surface area is 153 Å². The van der Waals surface area contributed by atoms with Gasteiger partial charge in [-0.25, -0.2) is 0 Å². The lowest BCUT2D eigenvalue weighted by molar-refractivity contribution is -0.384. The van der Waals surface area contributed by atoms with Crippen molar-refractivity contribution in [3.8, 4) is 0 Å². The van der Waals surface area contributed by atoms with Crippen LogP contribution in [-0.2, 0) is 9.47 Å². The average molecular weight is 365 g/mol. The van der Waals surface area contributed by atoms with E-state index in [1.807, 2.05) is 0 Å². The highest BCUT2D eigenvalue weighted by Crippen LogP contribution is 2.22. The number of ether oxygens (including phenoxy) is 2. The van der Waals surface area contributed by atoms with Crippen molar-refractivity contribution in [1.82, 2.24) is 10.6 Å². The van der Waals surface area contributed by atoms with Gasteiger partial charge in [0.2, 0.25) is 0 Å². The average Bonchev–Trinajstić information content (AvgIpc) is 3.16. The molecule has 0 aliphatic carbocycles. The van der Waals surface area contributed by atoms with Gasteiger partial charge in [0.1, 0.15) is 5.69 Å². The molecule has 1 atom stereocenters. The molecule has 0 radical (unpaired) electrons. The number of guanidine groups is 1. The number of anilines is 1. The largest absolute Gasteiger partial charge is 0.379 e. The van der Waals surface area contributed by atoms with Gasteiger partial charge in [-0.3, -0.25) is 15.1 Å². The lowest BCUT2D eigenvalue weighted by atomic mass is 10.2. The molecule has 9 nitrogen and oxygen atoms in total. The topological polar surface area (TPSA) is 110 Å². The van der Waals surface area contributed by atoms with Crippen LogP contribution < -0.4 is 16.0 Å². The van der Waals surface area contributed by atoms with Crippen molar-refractivity contribution in [2.75, 3.05) is 51.8 Å². The van der Waals surface area contributed by atoms with Crippen molar-refractivity contribution in [2.24, 2.45) is 4.99 Å². The van der Waals surface area contributed by atoms with E-state index in [4.69, 9.17) is 9.47 Å². The normalized spacial score (nSPS) is 17.1. The first kappa shape index (κ1) is 19.9. The third-order valence-corrected chi connectivity index (χ3v) is 3.91. The number of rotatable bonds is 10. The molecule has 1 unspecified atom stereocenters. The van der Waals surface area contributed by atoms with Crippen molar-refractivity contribution >= 4 is 17.3 Å². The Balaban J connectivity index is 1.58. The molecule has 1 aromatic carbocycles. The van der Waals surface area contributed by atoms with Crippen LogP contribution in [0, 0.1) is 10.1 Å². The fraction of sp³-hybridized carbons (Fsp3) is 0.588. The zero-order chi connectivity index (χ0) is 18.6. The number of nitro groups is 1. The molecule has 1 aromatic rings. The van der Waals surface area contributed by atoms with Crippen molar-refractivity contribution < 1.29 is 14.4 Å². The molecule has 1 heterocycles. The predicted octanol–water partition coefficient (Wildman–Crippen LogP) is 1.37. The summed E-state index contributed by atoms with van der Waals surface area (Å²) < 4.78 is 11.0. The molecule has 0 bridgehead atoms. The van der Waals surface area contributed by atoms with Gasteiger partial charge in [-0.2, -0.15) is 0 Å². The summed E-state index contributed by atoms with van der Waals surface area (Å²) in [4.78, 5) is 14.7. The van der Waals surface area contributed by atoms with Gasteiger partial charge < -0.3 is 25.4 Å². The van der Waals surface area contributed by atoms with Gasteiger partial charge in [0.15, 0.2) is 5.96 Å². The summed E-state index contributed by atoms with van der Waals surface area (Å²) in [5, 5.41) is 20.4. The van der Waals surface area contributed by atoms with Gasteiger partial charge in [-0.15, -0.1) is 0 Å². The lowest BCUT2D eigenvalue weighted by Crippen LogP contribution is -2.40. The van der Waals surface area contributed by atoms with Crippen molar-refractivity contribution in [3.63, 3.8) is 0 Å². The smallest absolute Gasteiger partial charge is 0.292 e. The quantitative estimate of drug-likeness (QED) is 0.189. The molecular formula is C17H27N5O4. The summed E-state index contributed by atoms with van der Waals surface area (Å²) in [6, 6.07) is 6.59. The van der Waals surface area contributed by atoms with Crippen LogP contribution in [0.1, 0.15) is 12.8 Å². The third-order valence-electron chi connectivity index (χ3n) is 3.91. The minimum Gasteiger partial charge on any atom is -0.379 e. The number of hydrogen-bond donors (Lipinski definition) is 3. The predicted molar refractivity (Wildman–Crippen MR) is 101 cm³/mol. The second-order valence-corrected chi connectivity index (χ2v) is 5.84. The van der Waals surface area contributed by atoms with Crippen LogP contribution in [0.15, 0.2) is 29.3 Å². The van der Waals surface area contributed by atoms with Crippen molar-refractivity contribution in [1.29, 1.82) is 0 Å². The maximum absolute atomic E-state index is 11.0. The number of aliphatic imine (C=N–C) groups is 1. The zero-order valence-corrected chi connectivity index (χ0v) is 15.1. The maximum Gasteiger partial charge on any atom is 0.292 e. The van der Waals surface area contributed by atoms with E-state index in [1.165, 1.54) is 6.07 Å². The highest BCUT2D eigenvalue weighted by Gasteiger charge is 2.15. The Kier molecular flexibility index (Phi) is 8.64. The van der Waals surface area contributed by atoms with Crippen LogP contribution in [0.25, 0.3) is 0 Å². The summed E-state index contributed by atoms with van der Waals surface area (Å²) in [7, 11) is 1.71. The second kappa shape index (κ2) is 11.3. The zero-order valence-electron chi connectivity index (χ0n) is 15.1. The molecule has 144 valence electrons. The lowest BCUT2D eigenvalue weighted by Gasteiger charge is -2.13. The van der Waals surface area contributed by atoms with Crippen LogP contribution >= 0.6 is 0 Å². The molecular weight excluding hydrogens is 338 g/mol. The fourth-order valence-electron chi connectivity index (χ4n) is 2.55. The summed E-state index contributed by atoms with van der Waals surface area (Å²) >= 11 is 0. The molecule has 9 heteroatoms. The Morgan fingerprint density at radius 1 is 1.35 bits per heavy atom. The van der Waals surface area contributed by atoms with Gasteiger partial charge in [-0.05, 0) is 18.9 Å². The van der Waals surface area contributed by atoms with E-state index >= 15 is 0 Å². The van der Waals surface area contributed by atoms with Gasteiger partial charge in [-0.1, -0.05) is 12.1 Å². The number of nitro benzene ring substituents is 1. The first-order valence-corrected chi connectivity index (χ1v) is 8.82. The maximum atomic E-state index is 11.0. The van der Waals surface area contributed by atoms with Crippen LogP contribution in [0.5, 0.6) is 0 Å². The molecule has 0 aromatic heterocycles. The number of hydrogen-bond acceptors (Lipinski definition) is 6. The van der Waals surface area contributed by atoms with Crippen LogP contribution in [0.3, 0.4) is 0 Å². The number of nitrogens with zero attached hydrogens (tertiary/aromatic N) is 2. The first-order chi connectivity index (χ1) is 12.7. The van der Waals surface area contributed by atoms with Gasteiger partial charge >= 0.3 is 0 Å². The molecule has 0 amide bonds. The van der Waals surface area contributed by atoms with E-state index in [1.54, 1.807) is 25.2 Å².